The molecule has 1 aromatic heterocycles. The van der Waals surface area contributed by atoms with Crippen LogP contribution in [0, 0.1) is 5.41 Å². The third-order valence-corrected chi connectivity index (χ3v) is 6.71. The SMILES string of the molecule is COc1ccc(C(=O)N2[C@@H](C(=O)NCc3ccco3)COC23CCN(C(=O)CC(C)(C)C)CC3)cc1. The van der Waals surface area contributed by atoms with Gasteiger partial charge in [-0.25, -0.2) is 0 Å². The number of furan rings is 1. The van der Waals surface area contributed by atoms with Gasteiger partial charge >= 0.3 is 0 Å². The van der Waals surface area contributed by atoms with E-state index in [0.717, 1.165) is 0 Å². The first kappa shape index (κ1) is 25.8. The molecule has 3 amide bonds. The van der Waals surface area contributed by atoms with Crippen molar-refractivity contribution < 1.29 is 28.3 Å². The third kappa shape index (κ3) is 5.56. The van der Waals surface area contributed by atoms with E-state index < -0.39 is 11.8 Å². The minimum atomic E-state index is -0.956. The average Bonchev–Trinajstić information content (AvgIpc) is 3.50. The van der Waals surface area contributed by atoms with Crippen molar-refractivity contribution in [1.29, 1.82) is 0 Å². The molecule has 0 radical (unpaired) electrons. The predicted molar refractivity (Wildman–Crippen MR) is 132 cm³/mol. The number of hydrogen-bond donors (Lipinski definition) is 1. The molecule has 1 atom stereocenters. The van der Waals surface area contributed by atoms with E-state index in [1.807, 2.05) is 25.7 Å². The van der Waals surface area contributed by atoms with Crippen LogP contribution in [-0.4, -0.2) is 66.1 Å². The van der Waals surface area contributed by atoms with Crippen LogP contribution in [0.1, 0.15) is 56.2 Å². The predicted octanol–water partition coefficient (Wildman–Crippen LogP) is 3.20. The lowest BCUT2D eigenvalue weighted by molar-refractivity contribution is -0.145. The van der Waals surface area contributed by atoms with Gasteiger partial charge in [0.2, 0.25) is 11.8 Å². The molecule has 9 heteroatoms. The minimum absolute atomic E-state index is 0.0851. The zero-order chi connectivity index (χ0) is 25.9. The highest BCUT2D eigenvalue weighted by Gasteiger charge is 2.54. The number of nitrogens with zero attached hydrogens (tertiary/aromatic N) is 2. The Labute approximate surface area is 211 Å². The maximum atomic E-state index is 13.8. The van der Waals surface area contributed by atoms with Gasteiger partial charge in [0, 0.05) is 37.9 Å². The second-order valence-electron chi connectivity index (χ2n) is 10.6. The first-order valence-electron chi connectivity index (χ1n) is 12.3. The second-order valence-corrected chi connectivity index (χ2v) is 10.6. The van der Waals surface area contributed by atoms with Gasteiger partial charge in [0.05, 0.1) is 26.5 Å². The van der Waals surface area contributed by atoms with Crippen molar-refractivity contribution >= 4 is 17.7 Å². The van der Waals surface area contributed by atoms with Crippen LogP contribution in [0.4, 0.5) is 0 Å². The molecular formula is C27H35N3O6. The number of benzene rings is 1. The van der Waals surface area contributed by atoms with Crippen molar-refractivity contribution in [2.45, 2.75) is 58.3 Å². The number of nitrogens with one attached hydrogen (secondary N) is 1. The average molecular weight is 498 g/mol. The van der Waals surface area contributed by atoms with E-state index in [4.69, 9.17) is 13.9 Å². The number of methoxy groups -OCH3 is 1. The van der Waals surface area contributed by atoms with Gasteiger partial charge < -0.3 is 24.1 Å². The molecule has 36 heavy (non-hydrogen) atoms. The topological polar surface area (TPSA) is 101 Å². The zero-order valence-corrected chi connectivity index (χ0v) is 21.4. The Morgan fingerprint density at radius 1 is 1.11 bits per heavy atom. The van der Waals surface area contributed by atoms with Crippen LogP contribution < -0.4 is 10.1 Å². The van der Waals surface area contributed by atoms with Gasteiger partial charge in [0.25, 0.3) is 5.91 Å². The molecule has 0 unspecified atom stereocenters. The Morgan fingerprint density at radius 3 is 2.39 bits per heavy atom. The fourth-order valence-corrected chi connectivity index (χ4v) is 4.82. The molecule has 3 heterocycles. The van der Waals surface area contributed by atoms with Gasteiger partial charge in [-0.15, -0.1) is 0 Å². The summed E-state index contributed by atoms with van der Waals surface area (Å²) in [5.41, 5.74) is -0.623. The highest BCUT2D eigenvalue weighted by Crippen LogP contribution is 2.39. The summed E-state index contributed by atoms with van der Waals surface area (Å²) in [7, 11) is 1.56. The van der Waals surface area contributed by atoms with E-state index in [1.165, 1.54) is 0 Å². The van der Waals surface area contributed by atoms with Crippen LogP contribution in [-0.2, 0) is 20.9 Å². The van der Waals surface area contributed by atoms with E-state index in [1.54, 1.807) is 54.7 Å². The molecule has 1 spiro atoms. The van der Waals surface area contributed by atoms with Crippen molar-refractivity contribution in [3.8, 4) is 5.75 Å². The van der Waals surface area contributed by atoms with Crippen LogP contribution in [0.3, 0.4) is 0 Å². The molecular weight excluding hydrogens is 462 g/mol. The first-order chi connectivity index (χ1) is 17.1. The molecule has 1 aromatic carbocycles. The van der Waals surface area contributed by atoms with E-state index in [2.05, 4.69) is 5.32 Å². The maximum absolute atomic E-state index is 13.8. The molecule has 4 rings (SSSR count). The largest absolute Gasteiger partial charge is 0.497 e. The van der Waals surface area contributed by atoms with E-state index in [0.29, 0.717) is 49.4 Å². The Hall–Kier alpha value is -3.33. The molecule has 2 fully saturated rings. The van der Waals surface area contributed by atoms with E-state index in [9.17, 15) is 14.4 Å². The normalized spacial score (nSPS) is 19.4. The summed E-state index contributed by atoms with van der Waals surface area (Å²) in [6.07, 6.45) is 2.87. The maximum Gasteiger partial charge on any atom is 0.256 e. The molecule has 194 valence electrons. The minimum Gasteiger partial charge on any atom is -0.497 e. The Morgan fingerprint density at radius 2 is 1.81 bits per heavy atom. The highest BCUT2D eigenvalue weighted by molar-refractivity contribution is 5.98. The number of rotatable bonds is 6. The van der Waals surface area contributed by atoms with Crippen molar-refractivity contribution in [2.75, 3.05) is 26.8 Å². The molecule has 2 saturated heterocycles. The molecule has 2 aromatic rings. The molecule has 1 N–H and O–H groups in total. The van der Waals surface area contributed by atoms with Crippen molar-refractivity contribution in [3.63, 3.8) is 0 Å². The number of likely N-dealkylation sites (tertiary alicyclic amines) is 1. The summed E-state index contributed by atoms with van der Waals surface area (Å²) in [6, 6.07) is 9.54. The number of carbonyl (C=O) groups excluding carboxylic acids is 3. The summed E-state index contributed by atoms with van der Waals surface area (Å²) in [5, 5.41) is 2.87. The molecule has 0 aliphatic carbocycles. The molecule has 9 nitrogen and oxygen atoms in total. The number of amides is 3. The smallest absolute Gasteiger partial charge is 0.256 e. The van der Waals surface area contributed by atoms with Gasteiger partial charge in [0.15, 0.2) is 0 Å². The van der Waals surface area contributed by atoms with Gasteiger partial charge in [-0.05, 0) is 41.8 Å². The second kappa shape index (κ2) is 10.3. The lowest BCUT2D eigenvalue weighted by atomic mass is 9.90. The van der Waals surface area contributed by atoms with E-state index in [-0.39, 0.29) is 36.3 Å². The monoisotopic (exact) mass is 497 g/mol. The number of hydrogen-bond acceptors (Lipinski definition) is 6. The van der Waals surface area contributed by atoms with Crippen molar-refractivity contribution in [3.05, 3.63) is 54.0 Å². The summed E-state index contributed by atoms with van der Waals surface area (Å²) in [4.78, 5) is 43.2. The zero-order valence-electron chi connectivity index (χ0n) is 21.4. The summed E-state index contributed by atoms with van der Waals surface area (Å²) < 4.78 is 16.8. The summed E-state index contributed by atoms with van der Waals surface area (Å²) in [5.74, 6) is 0.753. The lowest BCUT2D eigenvalue weighted by Gasteiger charge is -2.44. The van der Waals surface area contributed by atoms with Crippen molar-refractivity contribution in [2.24, 2.45) is 5.41 Å². The van der Waals surface area contributed by atoms with E-state index >= 15 is 0 Å². The number of ether oxygens (including phenoxy) is 2. The standard InChI is InChI=1S/C27H35N3O6/c1-26(2,3)16-23(31)29-13-11-27(12-14-29)30(25(33)19-7-9-20(34-4)10-8-19)22(18-36-27)24(32)28-17-21-6-5-15-35-21/h5-10,15,22H,11-14,16-18H2,1-4H3,(H,28,32)/t22-/m1/s1. The molecule has 2 aliphatic heterocycles. The van der Waals surface area contributed by atoms with Crippen LogP contribution >= 0.6 is 0 Å². The quantitative estimate of drug-likeness (QED) is 0.658. The van der Waals surface area contributed by atoms with Gasteiger partial charge in [-0.1, -0.05) is 20.8 Å². The van der Waals surface area contributed by atoms with Crippen LogP contribution in [0.2, 0.25) is 0 Å². The number of carbonyl (C=O) groups is 3. The summed E-state index contributed by atoms with van der Waals surface area (Å²) >= 11 is 0. The summed E-state index contributed by atoms with van der Waals surface area (Å²) in [6.45, 7) is 7.34. The van der Waals surface area contributed by atoms with Crippen LogP contribution in [0.5, 0.6) is 5.75 Å². The van der Waals surface area contributed by atoms with Crippen LogP contribution in [0.15, 0.2) is 47.1 Å². The Kier molecular flexibility index (Phi) is 7.40. The van der Waals surface area contributed by atoms with Gasteiger partial charge in [0.1, 0.15) is 23.3 Å². The fraction of sp³-hybridized carbons (Fsp3) is 0.519. The Bertz CT molecular complexity index is 1070. The van der Waals surface area contributed by atoms with Crippen LogP contribution in [0.25, 0.3) is 0 Å². The molecule has 0 bridgehead atoms. The third-order valence-electron chi connectivity index (χ3n) is 6.71. The van der Waals surface area contributed by atoms with Gasteiger partial charge in [-0.2, -0.15) is 0 Å². The van der Waals surface area contributed by atoms with Crippen molar-refractivity contribution in [1.82, 2.24) is 15.1 Å². The lowest BCUT2D eigenvalue weighted by Crippen LogP contribution is -2.59. The highest BCUT2D eigenvalue weighted by atomic mass is 16.5. The molecule has 0 saturated carbocycles. The first-order valence-corrected chi connectivity index (χ1v) is 12.3. The van der Waals surface area contributed by atoms with Gasteiger partial charge in [-0.3, -0.25) is 19.3 Å². The molecule has 2 aliphatic rings. The fourth-order valence-electron chi connectivity index (χ4n) is 4.82. The number of piperidine rings is 1. The Balaban J connectivity index is 1.54.